The quantitative estimate of drug-likeness (QED) is 0.304. The van der Waals surface area contributed by atoms with Gasteiger partial charge in [-0.3, -0.25) is 4.79 Å². The van der Waals surface area contributed by atoms with Gasteiger partial charge in [0.1, 0.15) is 11.5 Å². The highest BCUT2D eigenvalue weighted by atomic mass is 32.2. The molecule has 0 saturated heterocycles. The summed E-state index contributed by atoms with van der Waals surface area (Å²) in [5, 5.41) is 20.0. The van der Waals surface area contributed by atoms with Gasteiger partial charge in [0, 0.05) is 22.5 Å². The molecule has 3 unspecified atom stereocenters. The first-order chi connectivity index (χ1) is 15.4. The van der Waals surface area contributed by atoms with E-state index in [1.165, 1.54) is 29.6 Å². The molecule has 0 bridgehead atoms. The first-order valence-corrected chi connectivity index (χ1v) is 12.7. The topological polar surface area (TPSA) is 66.8 Å². The van der Waals surface area contributed by atoms with Crippen molar-refractivity contribution in [1.29, 1.82) is 0 Å². The fraction of sp³-hybridized carbons (Fsp3) is 0.519. The van der Waals surface area contributed by atoms with Gasteiger partial charge in [-0.05, 0) is 66.5 Å². The molecule has 0 saturated carbocycles. The number of phenolic OH excluding ortho intramolecular Hbond substituents is 2. The van der Waals surface area contributed by atoms with E-state index >= 15 is 0 Å². The lowest BCUT2D eigenvalue weighted by atomic mass is 9.62. The molecule has 4 nitrogen and oxygen atoms in total. The number of methoxy groups -OCH3 is 1. The highest BCUT2D eigenvalue weighted by Crippen LogP contribution is 2.55. The van der Waals surface area contributed by atoms with Gasteiger partial charge in [-0.15, -0.1) is 11.8 Å². The summed E-state index contributed by atoms with van der Waals surface area (Å²) in [6.07, 6.45) is 6.82. The zero-order valence-electron chi connectivity index (χ0n) is 19.5. The van der Waals surface area contributed by atoms with Crippen molar-refractivity contribution in [2.24, 2.45) is 5.92 Å². The Balaban J connectivity index is 1.96. The van der Waals surface area contributed by atoms with E-state index < -0.39 is 0 Å². The van der Waals surface area contributed by atoms with E-state index in [0.29, 0.717) is 24.0 Å². The fourth-order valence-electron chi connectivity index (χ4n) is 5.17. The maximum Gasteiger partial charge on any atom is 0.305 e. The molecule has 174 valence electrons. The molecular weight excluding hydrogens is 420 g/mol. The summed E-state index contributed by atoms with van der Waals surface area (Å²) in [6, 6.07) is 13.5. The van der Waals surface area contributed by atoms with Crippen molar-refractivity contribution >= 4 is 17.7 Å². The van der Waals surface area contributed by atoms with Crippen LogP contribution in [-0.2, 0) is 14.9 Å². The summed E-state index contributed by atoms with van der Waals surface area (Å²) in [4.78, 5) is 12.7. The lowest BCUT2D eigenvalue weighted by Gasteiger charge is -2.47. The molecule has 0 aromatic heterocycles. The Bertz CT molecular complexity index is 895. The summed E-state index contributed by atoms with van der Waals surface area (Å²) in [5.41, 5.74) is 2.45. The van der Waals surface area contributed by atoms with Crippen molar-refractivity contribution in [3.63, 3.8) is 0 Å². The minimum absolute atomic E-state index is 0.0942. The number of thioether (sulfide) groups is 1. The van der Waals surface area contributed by atoms with Crippen LogP contribution in [0, 0.1) is 5.92 Å². The molecule has 5 heteroatoms. The highest BCUT2D eigenvalue weighted by molar-refractivity contribution is 7.99. The molecule has 2 N–H and O–H groups in total. The zero-order valence-corrected chi connectivity index (χ0v) is 20.3. The van der Waals surface area contributed by atoms with Crippen LogP contribution in [0.25, 0.3) is 0 Å². The van der Waals surface area contributed by atoms with E-state index in [0.717, 1.165) is 37.9 Å². The molecule has 1 heterocycles. The third-order valence-electron chi connectivity index (χ3n) is 6.91. The van der Waals surface area contributed by atoms with Gasteiger partial charge in [-0.25, -0.2) is 0 Å². The first-order valence-electron chi connectivity index (χ1n) is 11.7. The third-order valence-corrected chi connectivity index (χ3v) is 8.31. The van der Waals surface area contributed by atoms with Crippen LogP contribution in [0.3, 0.4) is 0 Å². The number of hydrogen-bond donors (Lipinski definition) is 2. The van der Waals surface area contributed by atoms with Crippen LogP contribution in [0.4, 0.5) is 0 Å². The molecule has 3 rings (SSSR count). The van der Waals surface area contributed by atoms with Gasteiger partial charge in [0.25, 0.3) is 0 Å². The number of phenols is 2. The smallest absolute Gasteiger partial charge is 0.305 e. The molecule has 1 aliphatic heterocycles. The lowest BCUT2D eigenvalue weighted by molar-refractivity contribution is -0.140. The summed E-state index contributed by atoms with van der Waals surface area (Å²) >= 11 is 1.81. The number of esters is 1. The molecule has 2 aromatic rings. The molecule has 0 fully saturated rings. The monoisotopic (exact) mass is 456 g/mol. The van der Waals surface area contributed by atoms with Crippen LogP contribution in [-0.4, -0.2) is 29.0 Å². The average molecular weight is 457 g/mol. The predicted molar refractivity (Wildman–Crippen MR) is 131 cm³/mol. The lowest BCUT2D eigenvalue weighted by Crippen LogP contribution is -2.40. The minimum atomic E-state index is -0.140. The van der Waals surface area contributed by atoms with Crippen LogP contribution in [0.5, 0.6) is 11.5 Å². The largest absolute Gasteiger partial charge is 0.508 e. The van der Waals surface area contributed by atoms with E-state index in [9.17, 15) is 15.0 Å². The molecular formula is C27H36O4S. The number of ether oxygens (including phenoxy) is 1. The van der Waals surface area contributed by atoms with E-state index in [1.807, 2.05) is 12.1 Å². The maximum absolute atomic E-state index is 11.6. The van der Waals surface area contributed by atoms with Gasteiger partial charge in [0.05, 0.1) is 7.11 Å². The number of benzene rings is 2. The predicted octanol–water partition coefficient (Wildman–Crippen LogP) is 6.78. The number of unbranched alkanes of at least 4 members (excludes halogenated alkanes) is 2. The number of aromatic hydroxyl groups is 2. The highest BCUT2D eigenvalue weighted by Gasteiger charge is 2.45. The van der Waals surface area contributed by atoms with E-state index in [1.54, 1.807) is 23.9 Å². The second-order valence-corrected chi connectivity index (χ2v) is 10.2. The molecule has 3 atom stereocenters. The van der Waals surface area contributed by atoms with Crippen LogP contribution in [0.15, 0.2) is 47.4 Å². The van der Waals surface area contributed by atoms with Crippen LogP contribution in [0.2, 0.25) is 0 Å². The van der Waals surface area contributed by atoms with Crippen molar-refractivity contribution in [2.75, 3.05) is 12.9 Å². The number of rotatable bonds is 10. The normalized spacial score (nSPS) is 21.0. The Morgan fingerprint density at radius 3 is 2.47 bits per heavy atom. The number of carbonyl (C=O) groups is 1. The Hall–Kier alpha value is -2.14. The summed E-state index contributed by atoms with van der Waals surface area (Å²) in [5.74, 6) is 2.14. The first kappa shape index (κ1) is 24.5. The van der Waals surface area contributed by atoms with Gasteiger partial charge < -0.3 is 14.9 Å². The van der Waals surface area contributed by atoms with Crippen molar-refractivity contribution < 1.29 is 19.7 Å². The molecule has 0 amide bonds. The number of hydrogen-bond acceptors (Lipinski definition) is 5. The summed E-state index contributed by atoms with van der Waals surface area (Å²) in [7, 11) is 1.45. The van der Waals surface area contributed by atoms with E-state index in [4.69, 9.17) is 4.74 Å². The minimum Gasteiger partial charge on any atom is -0.508 e. The second-order valence-electron chi connectivity index (χ2n) is 9.18. The molecule has 32 heavy (non-hydrogen) atoms. The van der Waals surface area contributed by atoms with Crippen LogP contribution < -0.4 is 0 Å². The van der Waals surface area contributed by atoms with Crippen molar-refractivity contribution in [1.82, 2.24) is 0 Å². The van der Waals surface area contributed by atoms with Gasteiger partial charge in [-0.1, -0.05) is 51.3 Å². The molecule has 1 aliphatic rings. The number of carbonyl (C=O) groups excluding carboxylic acids is 1. The Labute approximate surface area is 196 Å². The Morgan fingerprint density at radius 2 is 1.78 bits per heavy atom. The fourth-order valence-corrected chi connectivity index (χ4v) is 6.53. The standard InChI is InChI=1S/C27H36O4S/c1-4-5-8-19(9-6-7-10-25(30)31-3)26-23-16-15-22(29)17-24(23)32-18-27(26,2)20-11-13-21(28)14-12-20/h11-17,19,26,28-29H,4-10,18H2,1-3H3. The van der Waals surface area contributed by atoms with Crippen molar-refractivity contribution in [3.8, 4) is 11.5 Å². The van der Waals surface area contributed by atoms with Gasteiger partial charge in [0.2, 0.25) is 0 Å². The molecule has 2 aromatic carbocycles. The van der Waals surface area contributed by atoms with Gasteiger partial charge in [0.15, 0.2) is 0 Å². The average Bonchev–Trinajstić information content (AvgIpc) is 2.79. The van der Waals surface area contributed by atoms with Crippen LogP contribution >= 0.6 is 11.8 Å². The third kappa shape index (κ3) is 5.61. The molecule has 0 spiro atoms. The van der Waals surface area contributed by atoms with Gasteiger partial charge >= 0.3 is 5.97 Å². The Morgan fingerprint density at radius 1 is 1.09 bits per heavy atom. The van der Waals surface area contributed by atoms with Crippen molar-refractivity contribution in [3.05, 3.63) is 53.6 Å². The van der Waals surface area contributed by atoms with E-state index in [2.05, 4.69) is 32.0 Å². The van der Waals surface area contributed by atoms with Crippen molar-refractivity contribution in [2.45, 2.75) is 75.0 Å². The second kappa shape index (κ2) is 11.1. The molecule has 0 aliphatic carbocycles. The zero-order chi connectivity index (χ0) is 23.1. The summed E-state index contributed by atoms with van der Waals surface area (Å²) < 4.78 is 4.81. The van der Waals surface area contributed by atoms with Crippen LogP contribution in [0.1, 0.15) is 75.8 Å². The SMILES string of the molecule is CCCCC(CCCCC(=O)OC)C1c2ccc(O)cc2SCC1(C)c1ccc(O)cc1. The molecule has 0 radical (unpaired) electrons. The van der Waals surface area contributed by atoms with Gasteiger partial charge in [-0.2, -0.15) is 0 Å². The van der Waals surface area contributed by atoms with E-state index in [-0.39, 0.29) is 17.1 Å². The number of fused-ring (bicyclic) bond motifs is 1. The maximum atomic E-state index is 11.6. The Kier molecular flexibility index (Phi) is 8.52. The summed E-state index contributed by atoms with van der Waals surface area (Å²) in [6.45, 7) is 4.58.